The molecule has 0 spiro atoms. The molecule has 0 aromatic heterocycles. The van der Waals surface area contributed by atoms with Crippen molar-refractivity contribution in [3.8, 4) is 0 Å². The summed E-state index contributed by atoms with van der Waals surface area (Å²) in [6, 6.07) is 0. The molecule has 5 heteroatoms. The van der Waals surface area contributed by atoms with Crippen LogP contribution in [0.15, 0.2) is 0 Å². The Morgan fingerprint density at radius 2 is 1.60 bits per heavy atom. The van der Waals surface area contributed by atoms with E-state index in [0.717, 1.165) is 38.5 Å². The number of carboxylic acids is 1. The Hall–Kier alpha value is -0.650. The van der Waals surface area contributed by atoms with Gasteiger partial charge in [0.15, 0.2) is 0 Å². The van der Waals surface area contributed by atoms with Gasteiger partial charge in [-0.2, -0.15) is 0 Å². The van der Waals surface area contributed by atoms with Gasteiger partial charge >= 0.3 is 5.97 Å². The normalized spacial score (nSPS) is 54.0. The molecule has 11 atom stereocenters. The van der Waals surface area contributed by atoms with Crippen molar-refractivity contribution in [2.24, 2.45) is 45.8 Å². The van der Waals surface area contributed by atoms with E-state index >= 15 is 0 Å². The number of aliphatic hydroxyl groups excluding tert-OH is 3. The van der Waals surface area contributed by atoms with E-state index in [2.05, 4.69) is 27.7 Å². The summed E-state index contributed by atoms with van der Waals surface area (Å²) in [7, 11) is 0. The SMILES string of the molecule is CC(CCC(=O)O)[C@H]1CC[C@@H]2[C@]1(C)[C@@H](O)C[C@@H]1[C@@]3(C)CC[C@@H](O)C[C@H]3C[C@@H](O)[C@@]21C. The van der Waals surface area contributed by atoms with Crippen LogP contribution < -0.4 is 0 Å². The number of aliphatic hydroxyl groups is 3. The van der Waals surface area contributed by atoms with Gasteiger partial charge in [0.1, 0.15) is 0 Å². The summed E-state index contributed by atoms with van der Waals surface area (Å²) in [4.78, 5) is 11.1. The van der Waals surface area contributed by atoms with Crippen LogP contribution in [-0.4, -0.2) is 44.7 Å². The van der Waals surface area contributed by atoms with Crippen LogP contribution in [0.25, 0.3) is 0 Å². The molecule has 4 N–H and O–H groups in total. The van der Waals surface area contributed by atoms with E-state index in [-0.39, 0.29) is 46.5 Å². The standard InChI is InChI=1S/C25H42O5/c1-14(5-8-22(29)30)17-6-7-18-24(17,3)21(28)13-19-23(2)10-9-16(26)11-15(23)12-20(27)25(18,19)4/h14-21,26-28H,5-13H2,1-4H3,(H,29,30)/t14?,15-,16+,17+,18+,19+,20+,21-,23-,24+,25-/m0/s1. The van der Waals surface area contributed by atoms with Crippen LogP contribution in [0.2, 0.25) is 0 Å². The highest BCUT2D eigenvalue weighted by Crippen LogP contribution is 2.72. The van der Waals surface area contributed by atoms with E-state index in [4.69, 9.17) is 5.11 Å². The fraction of sp³-hybridized carbons (Fsp3) is 0.960. The molecular weight excluding hydrogens is 380 g/mol. The minimum atomic E-state index is -0.751. The molecule has 30 heavy (non-hydrogen) atoms. The fourth-order valence-electron chi connectivity index (χ4n) is 9.30. The first-order valence-electron chi connectivity index (χ1n) is 12.2. The molecule has 1 unspecified atom stereocenters. The minimum absolute atomic E-state index is 0.0581. The van der Waals surface area contributed by atoms with Crippen LogP contribution in [0.4, 0.5) is 0 Å². The molecule has 0 saturated heterocycles. The largest absolute Gasteiger partial charge is 0.481 e. The molecule has 0 amide bonds. The van der Waals surface area contributed by atoms with E-state index in [9.17, 15) is 20.1 Å². The first kappa shape index (κ1) is 22.5. The topological polar surface area (TPSA) is 98.0 Å². The molecule has 0 bridgehead atoms. The number of carbonyl (C=O) groups is 1. The lowest BCUT2D eigenvalue weighted by Crippen LogP contribution is -2.67. The van der Waals surface area contributed by atoms with Gasteiger partial charge in [-0.05, 0) is 91.8 Å². The molecule has 0 heterocycles. The molecule has 4 saturated carbocycles. The van der Waals surface area contributed by atoms with Crippen LogP contribution in [0, 0.1) is 45.8 Å². The number of carboxylic acid groups (broad SMARTS) is 1. The fourth-order valence-corrected chi connectivity index (χ4v) is 9.30. The number of aliphatic carboxylic acids is 1. The Bertz CT molecular complexity index is 680. The van der Waals surface area contributed by atoms with E-state index < -0.39 is 18.2 Å². The molecule has 0 aliphatic heterocycles. The summed E-state index contributed by atoms with van der Waals surface area (Å²) in [5.74, 6) is 0.611. The molecule has 4 fully saturated rings. The highest BCUT2D eigenvalue weighted by atomic mass is 16.4. The third kappa shape index (κ3) is 3.02. The molecule has 0 radical (unpaired) electrons. The maximum absolute atomic E-state index is 11.6. The average molecular weight is 423 g/mol. The quantitative estimate of drug-likeness (QED) is 0.552. The van der Waals surface area contributed by atoms with Crippen LogP contribution in [0.3, 0.4) is 0 Å². The highest BCUT2D eigenvalue weighted by Gasteiger charge is 2.70. The van der Waals surface area contributed by atoms with Gasteiger partial charge in [-0.1, -0.05) is 27.7 Å². The lowest BCUT2D eigenvalue weighted by atomic mass is 9.38. The zero-order valence-corrected chi connectivity index (χ0v) is 19.2. The van der Waals surface area contributed by atoms with Gasteiger partial charge in [-0.15, -0.1) is 0 Å². The van der Waals surface area contributed by atoms with E-state index in [1.54, 1.807) is 0 Å². The van der Waals surface area contributed by atoms with Crippen molar-refractivity contribution in [3.63, 3.8) is 0 Å². The van der Waals surface area contributed by atoms with Gasteiger partial charge < -0.3 is 20.4 Å². The predicted molar refractivity (Wildman–Crippen MR) is 115 cm³/mol. The third-order valence-electron chi connectivity index (χ3n) is 11.0. The summed E-state index contributed by atoms with van der Waals surface area (Å²) in [6.07, 6.45) is 5.78. The summed E-state index contributed by atoms with van der Waals surface area (Å²) < 4.78 is 0. The van der Waals surface area contributed by atoms with E-state index in [1.165, 1.54) is 0 Å². The average Bonchev–Trinajstić information content (AvgIpc) is 3.04. The maximum Gasteiger partial charge on any atom is 0.303 e. The van der Waals surface area contributed by atoms with Gasteiger partial charge in [0.25, 0.3) is 0 Å². The second-order valence-electron chi connectivity index (χ2n) is 12.1. The van der Waals surface area contributed by atoms with Crippen molar-refractivity contribution < 1.29 is 25.2 Å². The monoisotopic (exact) mass is 422 g/mol. The van der Waals surface area contributed by atoms with Crippen LogP contribution in [0.5, 0.6) is 0 Å². The molecule has 172 valence electrons. The Morgan fingerprint density at radius 3 is 2.27 bits per heavy atom. The minimum Gasteiger partial charge on any atom is -0.481 e. The van der Waals surface area contributed by atoms with Crippen molar-refractivity contribution in [1.29, 1.82) is 0 Å². The van der Waals surface area contributed by atoms with Gasteiger partial charge in [-0.25, -0.2) is 0 Å². The Kier molecular flexibility index (Phi) is 5.60. The molecule has 5 nitrogen and oxygen atoms in total. The van der Waals surface area contributed by atoms with E-state index in [0.29, 0.717) is 24.7 Å². The van der Waals surface area contributed by atoms with Gasteiger partial charge in [0.05, 0.1) is 18.3 Å². The smallest absolute Gasteiger partial charge is 0.303 e. The lowest BCUT2D eigenvalue weighted by Gasteiger charge is -2.68. The zero-order valence-electron chi connectivity index (χ0n) is 19.2. The summed E-state index contributed by atoms with van der Waals surface area (Å²) in [5, 5.41) is 42.5. The third-order valence-corrected chi connectivity index (χ3v) is 11.0. The highest BCUT2D eigenvalue weighted by molar-refractivity contribution is 5.66. The number of fused-ring (bicyclic) bond motifs is 5. The van der Waals surface area contributed by atoms with Gasteiger partial charge in [0, 0.05) is 11.8 Å². The zero-order chi connectivity index (χ0) is 22.1. The van der Waals surface area contributed by atoms with Crippen LogP contribution >= 0.6 is 0 Å². The number of rotatable bonds is 4. The second kappa shape index (κ2) is 7.45. The maximum atomic E-state index is 11.6. The van der Waals surface area contributed by atoms with Crippen LogP contribution in [-0.2, 0) is 4.79 Å². The van der Waals surface area contributed by atoms with Crippen molar-refractivity contribution in [1.82, 2.24) is 0 Å². The molecule has 0 aromatic carbocycles. The van der Waals surface area contributed by atoms with Gasteiger partial charge in [0.2, 0.25) is 0 Å². The van der Waals surface area contributed by atoms with Crippen molar-refractivity contribution in [2.75, 3.05) is 0 Å². The molecule has 4 rings (SSSR count). The summed E-state index contributed by atoms with van der Waals surface area (Å²) in [6.45, 7) is 9.02. The molecule has 0 aromatic rings. The Morgan fingerprint density at radius 1 is 0.933 bits per heavy atom. The van der Waals surface area contributed by atoms with Crippen molar-refractivity contribution in [2.45, 2.75) is 104 Å². The number of hydrogen-bond acceptors (Lipinski definition) is 4. The lowest BCUT2D eigenvalue weighted by molar-refractivity contribution is -0.251. The Labute approximate surface area is 181 Å². The second-order valence-corrected chi connectivity index (χ2v) is 12.1. The van der Waals surface area contributed by atoms with Gasteiger partial charge in [-0.3, -0.25) is 4.79 Å². The summed E-state index contributed by atoms with van der Waals surface area (Å²) in [5.41, 5.74) is -0.452. The Balaban J connectivity index is 1.67. The van der Waals surface area contributed by atoms with Crippen molar-refractivity contribution >= 4 is 5.97 Å². The van der Waals surface area contributed by atoms with Crippen LogP contribution in [0.1, 0.15) is 85.5 Å². The summed E-state index contributed by atoms with van der Waals surface area (Å²) >= 11 is 0. The molecule has 4 aliphatic rings. The molecule has 4 aliphatic carbocycles. The van der Waals surface area contributed by atoms with Crippen molar-refractivity contribution in [3.05, 3.63) is 0 Å². The van der Waals surface area contributed by atoms with E-state index in [1.807, 2.05) is 0 Å². The first-order chi connectivity index (χ1) is 14.0. The number of hydrogen-bond donors (Lipinski definition) is 4. The first-order valence-corrected chi connectivity index (χ1v) is 12.2. The molecular formula is C25H42O5. The predicted octanol–water partition coefficient (Wildman–Crippen LogP) is 3.84.